The first-order valence-electron chi connectivity index (χ1n) is 6.18. The summed E-state index contributed by atoms with van der Waals surface area (Å²) in [5.41, 5.74) is 0.649. The monoisotopic (exact) mass is 290 g/mol. The fourth-order valence-electron chi connectivity index (χ4n) is 1.98. The third-order valence-electron chi connectivity index (χ3n) is 2.93. The number of nitrogens with zero attached hydrogens (tertiary/aromatic N) is 1. The second-order valence-electron chi connectivity index (χ2n) is 4.19. The van der Waals surface area contributed by atoms with Gasteiger partial charge in [0.25, 0.3) is 0 Å². The summed E-state index contributed by atoms with van der Waals surface area (Å²) in [5.74, 6) is 0.315. The average molecular weight is 291 g/mol. The quantitative estimate of drug-likeness (QED) is 0.837. The van der Waals surface area contributed by atoms with Crippen LogP contribution in [0.2, 0.25) is 0 Å². The number of piperazine rings is 1. The van der Waals surface area contributed by atoms with E-state index >= 15 is 0 Å². The topological polar surface area (TPSA) is 33.7 Å². The van der Waals surface area contributed by atoms with Gasteiger partial charge >= 0.3 is 0 Å². The molecule has 1 aromatic carbocycles. The van der Waals surface area contributed by atoms with Gasteiger partial charge in [0.2, 0.25) is 0 Å². The van der Waals surface area contributed by atoms with E-state index in [1.807, 2.05) is 4.90 Å². The fourth-order valence-corrected chi connectivity index (χ4v) is 1.98. The molecule has 0 spiro atoms. The van der Waals surface area contributed by atoms with Crippen LogP contribution in [0.3, 0.4) is 0 Å². The molecule has 1 fully saturated rings. The SMILES string of the molecule is COCCOc1ccc(N2CCNCC2)c(F)c1.Cl. The Hall–Kier alpha value is -1.04. The average Bonchev–Trinajstić information content (AvgIpc) is 2.40. The Labute approximate surface area is 119 Å². The smallest absolute Gasteiger partial charge is 0.150 e. The molecule has 0 saturated carbocycles. The number of hydrogen-bond donors (Lipinski definition) is 1. The molecule has 2 rings (SSSR count). The molecule has 1 aliphatic heterocycles. The van der Waals surface area contributed by atoms with Crippen molar-refractivity contribution in [1.82, 2.24) is 5.32 Å². The minimum atomic E-state index is -0.230. The Bertz CT molecular complexity index is 387. The van der Waals surface area contributed by atoms with Crippen LogP contribution in [0.25, 0.3) is 0 Å². The maximum Gasteiger partial charge on any atom is 0.150 e. The van der Waals surface area contributed by atoms with E-state index in [0.717, 1.165) is 26.2 Å². The molecule has 4 nitrogen and oxygen atoms in total. The van der Waals surface area contributed by atoms with Crippen molar-refractivity contribution < 1.29 is 13.9 Å². The lowest BCUT2D eigenvalue weighted by molar-refractivity contribution is 0.146. The molecule has 1 heterocycles. The van der Waals surface area contributed by atoms with E-state index in [1.165, 1.54) is 6.07 Å². The molecule has 1 saturated heterocycles. The maximum atomic E-state index is 14.0. The third kappa shape index (κ3) is 4.53. The molecule has 0 atom stereocenters. The number of halogens is 2. The molecule has 108 valence electrons. The number of hydrogen-bond acceptors (Lipinski definition) is 4. The number of ether oxygens (including phenoxy) is 2. The van der Waals surface area contributed by atoms with Gasteiger partial charge in [0.15, 0.2) is 0 Å². The summed E-state index contributed by atoms with van der Waals surface area (Å²) in [6, 6.07) is 5.02. The van der Waals surface area contributed by atoms with E-state index in [0.29, 0.717) is 24.7 Å². The first-order chi connectivity index (χ1) is 8.81. The number of nitrogens with one attached hydrogen (secondary N) is 1. The predicted octanol–water partition coefficient (Wildman–Crippen LogP) is 1.68. The van der Waals surface area contributed by atoms with E-state index in [9.17, 15) is 4.39 Å². The molecule has 1 aliphatic rings. The zero-order valence-corrected chi connectivity index (χ0v) is 11.8. The van der Waals surface area contributed by atoms with Gasteiger partial charge in [-0.05, 0) is 12.1 Å². The zero-order chi connectivity index (χ0) is 12.8. The Morgan fingerprint density at radius 2 is 2.00 bits per heavy atom. The molecule has 1 aromatic rings. The van der Waals surface area contributed by atoms with Crippen molar-refractivity contribution in [3.63, 3.8) is 0 Å². The second-order valence-corrected chi connectivity index (χ2v) is 4.19. The van der Waals surface area contributed by atoms with Crippen LogP contribution in [0.1, 0.15) is 0 Å². The van der Waals surface area contributed by atoms with Crippen LogP contribution in [-0.4, -0.2) is 46.5 Å². The zero-order valence-electron chi connectivity index (χ0n) is 11.0. The van der Waals surface area contributed by atoms with Gasteiger partial charge in [0.05, 0.1) is 12.3 Å². The number of anilines is 1. The summed E-state index contributed by atoms with van der Waals surface area (Å²) in [6.07, 6.45) is 0. The summed E-state index contributed by atoms with van der Waals surface area (Å²) in [4.78, 5) is 2.05. The molecule has 19 heavy (non-hydrogen) atoms. The van der Waals surface area contributed by atoms with Gasteiger partial charge in [-0.25, -0.2) is 4.39 Å². The van der Waals surface area contributed by atoms with Gasteiger partial charge in [0.1, 0.15) is 18.2 Å². The maximum absolute atomic E-state index is 14.0. The summed E-state index contributed by atoms with van der Waals surface area (Å²) in [6.45, 7) is 4.39. The van der Waals surface area contributed by atoms with E-state index in [2.05, 4.69) is 5.32 Å². The summed E-state index contributed by atoms with van der Waals surface area (Å²) < 4.78 is 24.2. The van der Waals surface area contributed by atoms with E-state index < -0.39 is 0 Å². The highest BCUT2D eigenvalue weighted by Gasteiger charge is 2.14. The Balaban J connectivity index is 0.00000180. The summed E-state index contributed by atoms with van der Waals surface area (Å²) >= 11 is 0. The van der Waals surface area contributed by atoms with Crippen molar-refractivity contribution in [3.05, 3.63) is 24.0 Å². The lowest BCUT2D eigenvalue weighted by atomic mass is 10.2. The minimum Gasteiger partial charge on any atom is -0.491 e. The third-order valence-corrected chi connectivity index (χ3v) is 2.93. The van der Waals surface area contributed by atoms with Crippen LogP contribution in [0.5, 0.6) is 5.75 Å². The largest absolute Gasteiger partial charge is 0.491 e. The molecule has 0 aromatic heterocycles. The molecule has 0 unspecified atom stereocenters. The first-order valence-corrected chi connectivity index (χ1v) is 6.18. The summed E-state index contributed by atoms with van der Waals surface area (Å²) in [5, 5.41) is 3.25. The fraction of sp³-hybridized carbons (Fsp3) is 0.538. The Morgan fingerprint density at radius 3 is 2.63 bits per heavy atom. The van der Waals surface area contributed by atoms with Crippen molar-refractivity contribution in [2.75, 3.05) is 51.4 Å². The van der Waals surface area contributed by atoms with Crippen LogP contribution < -0.4 is 15.0 Å². The molecular weight excluding hydrogens is 271 g/mol. The lowest BCUT2D eigenvalue weighted by Gasteiger charge is -2.29. The Kier molecular flexibility index (Phi) is 6.91. The van der Waals surface area contributed by atoms with Gasteiger partial charge in [-0.2, -0.15) is 0 Å². The van der Waals surface area contributed by atoms with Crippen molar-refractivity contribution in [1.29, 1.82) is 0 Å². The molecule has 1 N–H and O–H groups in total. The number of methoxy groups -OCH3 is 1. The number of rotatable bonds is 5. The lowest BCUT2D eigenvalue weighted by Crippen LogP contribution is -2.43. The van der Waals surface area contributed by atoms with Crippen molar-refractivity contribution in [2.24, 2.45) is 0 Å². The van der Waals surface area contributed by atoms with Gasteiger partial charge in [-0.1, -0.05) is 0 Å². The minimum absolute atomic E-state index is 0. The highest BCUT2D eigenvalue weighted by molar-refractivity contribution is 5.85. The number of benzene rings is 1. The van der Waals surface area contributed by atoms with Gasteiger partial charge in [0, 0.05) is 39.4 Å². The first kappa shape index (κ1) is 16.0. The van der Waals surface area contributed by atoms with Crippen LogP contribution in [0.15, 0.2) is 18.2 Å². The predicted molar refractivity (Wildman–Crippen MR) is 76.1 cm³/mol. The molecule has 0 radical (unpaired) electrons. The van der Waals surface area contributed by atoms with E-state index in [-0.39, 0.29) is 18.2 Å². The van der Waals surface area contributed by atoms with Crippen LogP contribution in [-0.2, 0) is 4.74 Å². The highest BCUT2D eigenvalue weighted by Crippen LogP contribution is 2.24. The van der Waals surface area contributed by atoms with E-state index in [4.69, 9.17) is 9.47 Å². The highest BCUT2D eigenvalue weighted by atomic mass is 35.5. The second kappa shape index (κ2) is 8.19. The molecule has 0 bridgehead atoms. The van der Waals surface area contributed by atoms with Crippen molar-refractivity contribution in [3.8, 4) is 5.75 Å². The Morgan fingerprint density at radius 1 is 1.26 bits per heavy atom. The van der Waals surface area contributed by atoms with Crippen LogP contribution >= 0.6 is 12.4 Å². The van der Waals surface area contributed by atoms with Crippen molar-refractivity contribution >= 4 is 18.1 Å². The van der Waals surface area contributed by atoms with E-state index in [1.54, 1.807) is 19.2 Å². The van der Waals surface area contributed by atoms with Crippen LogP contribution in [0.4, 0.5) is 10.1 Å². The summed E-state index contributed by atoms with van der Waals surface area (Å²) in [7, 11) is 1.61. The molecule has 0 aliphatic carbocycles. The van der Waals surface area contributed by atoms with Crippen molar-refractivity contribution in [2.45, 2.75) is 0 Å². The normalized spacial score (nSPS) is 14.9. The van der Waals surface area contributed by atoms with Crippen LogP contribution in [0, 0.1) is 5.82 Å². The van der Waals surface area contributed by atoms with Gasteiger partial charge < -0.3 is 19.7 Å². The van der Waals surface area contributed by atoms with Gasteiger partial charge in [-0.3, -0.25) is 0 Å². The molecule has 0 amide bonds. The molecule has 6 heteroatoms. The molecular formula is C13H20ClFN2O2. The standard InChI is InChI=1S/C13H19FN2O2.ClH/c1-17-8-9-18-11-2-3-13(12(14)10-11)16-6-4-15-5-7-16;/h2-3,10,15H,4-9H2,1H3;1H. The van der Waals surface area contributed by atoms with Gasteiger partial charge in [-0.15, -0.1) is 12.4 Å².